The number of carbonyl (C=O) groups is 1. The topological polar surface area (TPSA) is 26.3 Å². The summed E-state index contributed by atoms with van der Waals surface area (Å²) in [4.78, 5) is 10.6. The van der Waals surface area contributed by atoms with Crippen LogP contribution in [0, 0.1) is 0 Å². The predicted octanol–water partition coefficient (Wildman–Crippen LogP) is 3.10. The maximum atomic E-state index is 10.6. The minimum Gasteiger partial charge on any atom is -0.497 e. The molecule has 0 unspecified atom stereocenters. The molecule has 0 aliphatic carbocycles. The average Bonchev–Trinajstić information content (AvgIpc) is 2.21. The Kier molecular flexibility index (Phi) is 5.98. The van der Waals surface area contributed by atoms with Crippen molar-refractivity contribution >= 4 is 16.8 Å². The van der Waals surface area contributed by atoms with Gasteiger partial charge in [-0.15, -0.1) is 0 Å². The summed E-state index contributed by atoms with van der Waals surface area (Å²) >= 11 is 5.24. The summed E-state index contributed by atoms with van der Waals surface area (Å²) in [6.07, 6.45) is 0. The van der Waals surface area contributed by atoms with E-state index in [1.54, 1.807) is 24.3 Å². The van der Waals surface area contributed by atoms with Crippen LogP contribution in [0.5, 0.6) is 5.75 Å². The lowest BCUT2D eigenvalue weighted by atomic mass is 10.2. The molecular weight excluding hydrogens is 188 g/mol. The van der Waals surface area contributed by atoms with Gasteiger partial charge in [0, 0.05) is 5.56 Å². The summed E-state index contributed by atoms with van der Waals surface area (Å²) < 4.78 is 4.89. The van der Waals surface area contributed by atoms with Crippen LogP contribution in [0.3, 0.4) is 0 Å². The van der Waals surface area contributed by atoms with Gasteiger partial charge in [-0.2, -0.15) is 0 Å². The van der Waals surface area contributed by atoms with Gasteiger partial charge in [-0.3, -0.25) is 4.79 Å². The molecule has 0 N–H and O–H groups in total. The highest BCUT2D eigenvalue weighted by Crippen LogP contribution is 2.13. The number of ether oxygens (including phenoxy) is 1. The first-order chi connectivity index (χ1) is 6.24. The Morgan fingerprint density at radius 2 is 2.00 bits per heavy atom. The Bertz CT molecular complexity index is 271. The Morgan fingerprint density at radius 1 is 1.38 bits per heavy atom. The van der Waals surface area contributed by atoms with Crippen molar-refractivity contribution in [2.45, 2.75) is 13.8 Å². The monoisotopic (exact) mass is 200 g/mol. The van der Waals surface area contributed by atoms with E-state index in [1.807, 2.05) is 13.8 Å². The molecule has 1 aromatic carbocycles. The zero-order valence-corrected chi connectivity index (χ0v) is 8.76. The van der Waals surface area contributed by atoms with Crippen molar-refractivity contribution in [3.8, 4) is 5.75 Å². The van der Waals surface area contributed by atoms with Crippen LogP contribution < -0.4 is 4.74 Å². The highest BCUT2D eigenvalue weighted by Gasteiger charge is 2.01. The van der Waals surface area contributed by atoms with E-state index >= 15 is 0 Å². The molecule has 1 rings (SSSR count). The molecule has 0 fully saturated rings. The molecule has 1 aromatic rings. The van der Waals surface area contributed by atoms with Crippen molar-refractivity contribution in [2.75, 3.05) is 7.11 Å². The van der Waals surface area contributed by atoms with Crippen molar-refractivity contribution in [3.63, 3.8) is 0 Å². The van der Waals surface area contributed by atoms with E-state index < -0.39 is 5.24 Å². The van der Waals surface area contributed by atoms with Crippen LogP contribution in [0.25, 0.3) is 0 Å². The number of benzene rings is 1. The fourth-order valence-electron chi connectivity index (χ4n) is 0.745. The van der Waals surface area contributed by atoms with Crippen LogP contribution in [0.15, 0.2) is 24.3 Å². The molecule has 13 heavy (non-hydrogen) atoms. The number of methoxy groups -OCH3 is 1. The van der Waals surface area contributed by atoms with E-state index in [9.17, 15) is 4.79 Å². The first-order valence-electron chi connectivity index (χ1n) is 4.08. The molecule has 0 bridgehead atoms. The highest BCUT2D eigenvalue weighted by molar-refractivity contribution is 6.67. The third-order valence-electron chi connectivity index (χ3n) is 1.30. The van der Waals surface area contributed by atoms with Crippen LogP contribution in [0.1, 0.15) is 24.2 Å². The number of halogens is 1. The molecule has 0 atom stereocenters. The molecule has 0 radical (unpaired) electrons. The zero-order chi connectivity index (χ0) is 10.3. The van der Waals surface area contributed by atoms with Gasteiger partial charge in [0.05, 0.1) is 7.11 Å². The molecule has 0 aliphatic heterocycles. The van der Waals surface area contributed by atoms with Gasteiger partial charge in [0.2, 0.25) is 0 Å². The SMILES string of the molecule is CC.COc1cccc(C(=O)Cl)c1. The van der Waals surface area contributed by atoms with E-state index in [-0.39, 0.29) is 0 Å². The fraction of sp³-hybridized carbons (Fsp3) is 0.300. The second-order valence-corrected chi connectivity index (χ2v) is 2.35. The third kappa shape index (κ3) is 3.95. The summed E-state index contributed by atoms with van der Waals surface area (Å²) in [7, 11) is 1.54. The number of carbonyl (C=O) groups excluding carboxylic acids is 1. The molecule has 3 heteroatoms. The van der Waals surface area contributed by atoms with Gasteiger partial charge in [0.25, 0.3) is 5.24 Å². The van der Waals surface area contributed by atoms with Crippen molar-refractivity contribution in [1.82, 2.24) is 0 Å². The smallest absolute Gasteiger partial charge is 0.252 e. The van der Waals surface area contributed by atoms with E-state index in [0.29, 0.717) is 11.3 Å². The van der Waals surface area contributed by atoms with Crippen molar-refractivity contribution in [2.24, 2.45) is 0 Å². The van der Waals surface area contributed by atoms with Gasteiger partial charge in [-0.25, -0.2) is 0 Å². The maximum Gasteiger partial charge on any atom is 0.252 e. The number of hydrogen-bond donors (Lipinski definition) is 0. The lowest BCUT2D eigenvalue weighted by molar-refractivity contribution is 0.108. The van der Waals surface area contributed by atoms with Crippen LogP contribution in [-0.2, 0) is 0 Å². The van der Waals surface area contributed by atoms with E-state index in [1.165, 1.54) is 7.11 Å². The molecule has 2 nitrogen and oxygen atoms in total. The molecule has 0 saturated heterocycles. The summed E-state index contributed by atoms with van der Waals surface area (Å²) in [6.45, 7) is 4.00. The molecule has 0 heterocycles. The number of rotatable bonds is 2. The van der Waals surface area contributed by atoms with Crippen LogP contribution in [-0.4, -0.2) is 12.4 Å². The first kappa shape index (κ1) is 12.0. The van der Waals surface area contributed by atoms with E-state index in [4.69, 9.17) is 16.3 Å². The number of hydrogen-bond acceptors (Lipinski definition) is 2. The summed E-state index contributed by atoms with van der Waals surface area (Å²) in [5.74, 6) is 0.636. The van der Waals surface area contributed by atoms with Crippen molar-refractivity contribution in [1.29, 1.82) is 0 Å². The van der Waals surface area contributed by atoms with Crippen LogP contribution in [0.4, 0.5) is 0 Å². The minimum absolute atomic E-state index is 0.450. The Morgan fingerprint density at radius 3 is 2.46 bits per heavy atom. The lowest BCUT2D eigenvalue weighted by Crippen LogP contribution is -1.89. The average molecular weight is 201 g/mol. The largest absolute Gasteiger partial charge is 0.497 e. The Hall–Kier alpha value is -1.02. The maximum absolute atomic E-state index is 10.6. The van der Waals surface area contributed by atoms with Gasteiger partial charge < -0.3 is 4.74 Å². The minimum atomic E-state index is -0.469. The van der Waals surface area contributed by atoms with Gasteiger partial charge >= 0.3 is 0 Å². The standard InChI is InChI=1S/C8H7ClO2.C2H6/c1-11-7-4-2-3-6(5-7)8(9)10;1-2/h2-5H,1H3;1-2H3. The second kappa shape index (κ2) is 6.49. The zero-order valence-electron chi connectivity index (χ0n) is 8.00. The van der Waals surface area contributed by atoms with Crippen LogP contribution >= 0.6 is 11.6 Å². The Balaban J connectivity index is 0.000000671. The van der Waals surface area contributed by atoms with Crippen molar-refractivity contribution < 1.29 is 9.53 Å². The van der Waals surface area contributed by atoms with E-state index in [0.717, 1.165) is 0 Å². The van der Waals surface area contributed by atoms with E-state index in [2.05, 4.69) is 0 Å². The van der Waals surface area contributed by atoms with Gasteiger partial charge in [-0.1, -0.05) is 19.9 Å². The highest BCUT2D eigenvalue weighted by atomic mass is 35.5. The lowest BCUT2D eigenvalue weighted by Gasteiger charge is -1.98. The van der Waals surface area contributed by atoms with Gasteiger partial charge in [0.1, 0.15) is 5.75 Å². The fourth-order valence-corrected chi connectivity index (χ4v) is 0.863. The Labute approximate surface area is 83.5 Å². The second-order valence-electron chi connectivity index (χ2n) is 2.01. The first-order valence-corrected chi connectivity index (χ1v) is 4.45. The van der Waals surface area contributed by atoms with Gasteiger partial charge in [-0.05, 0) is 29.8 Å². The molecular formula is C10H13ClO2. The summed E-state index contributed by atoms with van der Waals surface area (Å²) in [5.41, 5.74) is 0.450. The summed E-state index contributed by atoms with van der Waals surface area (Å²) in [6, 6.07) is 6.70. The third-order valence-corrected chi connectivity index (χ3v) is 1.51. The molecule has 72 valence electrons. The van der Waals surface area contributed by atoms with Crippen molar-refractivity contribution in [3.05, 3.63) is 29.8 Å². The molecule has 0 saturated carbocycles. The summed E-state index contributed by atoms with van der Waals surface area (Å²) in [5, 5.41) is -0.469. The quantitative estimate of drug-likeness (QED) is 0.686. The van der Waals surface area contributed by atoms with Gasteiger partial charge in [0.15, 0.2) is 0 Å². The normalized spacial score (nSPS) is 8.31. The molecule has 0 spiro atoms. The van der Waals surface area contributed by atoms with Crippen LogP contribution in [0.2, 0.25) is 0 Å². The molecule has 0 aliphatic rings. The molecule has 0 aromatic heterocycles. The predicted molar refractivity (Wildman–Crippen MR) is 54.5 cm³/mol. The molecule has 0 amide bonds.